The molecule has 4 aliphatic carbocycles. The van der Waals surface area contributed by atoms with Gasteiger partial charge in [0.1, 0.15) is 5.76 Å². The molecule has 40 heavy (non-hydrogen) atoms. The molecule has 0 aromatic carbocycles. The summed E-state index contributed by atoms with van der Waals surface area (Å²) in [6, 6.07) is 0. The topological polar surface area (TPSA) is 86.7 Å². The molecule has 0 unspecified atom stereocenters. The molecule has 0 spiro atoms. The first-order chi connectivity index (χ1) is 19.2. The van der Waals surface area contributed by atoms with Gasteiger partial charge in [0.05, 0.1) is 29.9 Å². The lowest BCUT2D eigenvalue weighted by atomic mass is 9.61. The average Bonchev–Trinajstić information content (AvgIpc) is 3.46. The van der Waals surface area contributed by atoms with E-state index in [-0.39, 0.29) is 10.8 Å². The molecule has 0 aliphatic heterocycles. The van der Waals surface area contributed by atoms with E-state index in [1.165, 1.54) is 44.1 Å². The van der Waals surface area contributed by atoms with Gasteiger partial charge in [-0.1, -0.05) is 70.1 Å². The standard InChI is InChI=1S/C35H51NO4/c1-5-6-7-10-28-22-36-33(40-28)35(18-19-35)32(39)16-11-23(2)29-14-15-30-25(9-8-17-34(29,30)4)12-13-26-20-27(37)21-31(38)24(26)3/h11-13,16,22-23,27,29-32,37-39H,3,5-10,14-15,17-21H2,1-2,4H3/b16-11+,25-12+,26-13+/t23-,27-,29-,30+,31+,32-,34-/m1/s1. The SMILES string of the molecule is C=C1/C(=C/C=C2\CCC[C@]3(C)[C@@H]([C@H](C)/C=C/[C@@H](O)C4(c5ncc(CCCCC)o5)CC4)CC[C@@H]23)C[C@@H](O)C[C@@H]1O. The van der Waals surface area contributed by atoms with Crippen molar-refractivity contribution >= 4 is 0 Å². The molecule has 5 nitrogen and oxygen atoms in total. The number of fused-ring (bicyclic) bond motifs is 1. The maximum Gasteiger partial charge on any atom is 0.203 e. The van der Waals surface area contributed by atoms with Gasteiger partial charge in [-0.2, -0.15) is 0 Å². The highest BCUT2D eigenvalue weighted by Crippen LogP contribution is 2.60. The van der Waals surface area contributed by atoms with Crippen LogP contribution in [0, 0.1) is 23.2 Å². The maximum atomic E-state index is 11.3. The molecule has 4 saturated carbocycles. The first kappa shape index (κ1) is 29.5. The van der Waals surface area contributed by atoms with Crippen molar-refractivity contribution in [3.8, 4) is 0 Å². The quantitative estimate of drug-likeness (QED) is 0.213. The van der Waals surface area contributed by atoms with Crippen LogP contribution in [0.25, 0.3) is 0 Å². The Morgan fingerprint density at radius 1 is 1.15 bits per heavy atom. The first-order valence-corrected chi connectivity index (χ1v) is 15.9. The van der Waals surface area contributed by atoms with Crippen molar-refractivity contribution in [1.29, 1.82) is 0 Å². The number of aromatic nitrogens is 1. The Hall–Kier alpha value is -1.95. The van der Waals surface area contributed by atoms with Crippen LogP contribution in [0.1, 0.15) is 109 Å². The van der Waals surface area contributed by atoms with Crippen molar-refractivity contribution in [2.75, 3.05) is 0 Å². The fraction of sp³-hybridized carbons (Fsp3) is 0.686. The number of rotatable bonds is 10. The Labute approximate surface area is 241 Å². The smallest absolute Gasteiger partial charge is 0.203 e. The summed E-state index contributed by atoms with van der Waals surface area (Å²) in [6.07, 6.45) is 22.1. The maximum absolute atomic E-state index is 11.3. The average molecular weight is 550 g/mol. The van der Waals surface area contributed by atoms with Crippen molar-refractivity contribution in [1.82, 2.24) is 4.98 Å². The molecule has 4 fully saturated rings. The van der Waals surface area contributed by atoms with Gasteiger partial charge in [0.15, 0.2) is 0 Å². The Morgan fingerprint density at radius 2 is 1.95 bits per heavy atom. The van der Waals surface area contributed by atoms with Gasteiger partial charge in [-0.3, -0.25) is 0 Å². The molecule has 0 saturated heterocycles. The normalized spacial score (nSPS) is 35.4. The molecule has 0 amide bonds. The van der Waals surface area contributed by atoms with E-state index >= 15 is 0 Å². The number of allylic oxidation sites excluding steroid dienone is 4. The molecule has 0 bridgehead atoms. The van der Waals surface area contributed by atoms with E-state index in [9.17, 15) is 15.3 Å². The number of unbranched alkanes of at least 4 members (excludes halogenated alkanes) is 2. The molecular weight excluding hydrogens is 498 g/mol. The number of aliphatic hydroxyl groups is 3. The molecule has 220 valence electrons. The molecule has 1 aromatic heterocycles. The summed E-state index contributed by atoms with van der Waals surface area (Å²) in [6.45, 7) is 11.1. The molecule has 3 N–H and O–H groups in total. The fourth-order valence-corrected chi connectivity index (χ4v) is 8.18. The summed E-state index contributed by atoms with van der Waals surface area (Å²) in [5.41, 5.74) is 3.15. The van der Waals surface area contributed by atoms with Crippen LogP contribution < -0.4 is 0 Å². The number of hydrogen-bond donors (Lipinski definition) is 3. The Bertz CT molecular complexity index is 1140. The molecule has 7 atom stereocenters. The molecule has 5 heteroatoms. The van der Waals surface area contributed by atoms with Crippen molar-refractivity contribution < 1.29 is 19.7 Å². The van der Waals surface area contributed by atoms with Crippen LogP contribution >= 0.6 is 0 Å². The second-order valence-corrected chi connectivity index (χ2v) is 13.6. The Kier molecular flexibility index (Phi) is 8.94. The highest BCUT2D eigenvalue weighted by atomic mass is 16.4. The minimum Gasteiger partial charge on any atom is -0.445 e. The zero-order chi connectivity index (χ0) is 28.5. The van der Waals surface area contributed by atoms with Gasteiger partial charge in [-0.05, 0) is 92.1 Å². The zero-order valence-corrected chi connectivity index (χ0v) is 24.9. The second kappa shape index (κ2) is 12.1. The monoisotopic (exact) mass is 549 g/mol. The predicted octanol–water partition coefficient (Wildman–Crippen LogP) is 7.13. The number of aryl methyl sites for hydroxylation is 1. The summed E-state index contributed by atoms with van der Waals surface area (Å²) in [5, 5.41) is 31.6. The molecule has 0 radical (unpaired) electrons. The second-order valence-electron chi connectivity index (χ2n) is 13.6. The van der Waals surface area contributed by atoms with Gasteiger partial charge in [0.25, 0.3) is 0 Å². The lowest BCUT2D eigenvalue weighted by Gasteiger charge is -2.44. The van der Waals surface area contributed by atoms with Crippen LogP contribution in [-0.2, 0) is 11.8 Å². The van der Waals surface area contributed by atoms with E-state index in [1.54, 1.807) is 0 Å². The third-order valence-electron chi connectivity index (χ3n) is 10.9. The number of oxazole rings is 1. The van der Waals surface area contributed by atoms with E-state index in [0.717, 1.165) is 49.0 Å². The van der Waals surface area contributed by atoms with Gasteiger partial charge in [0.2, 0.25) is 5.89 Å². The number of hydrogen-bond acceptors (Lipinski definition) is 5. The van der Waals surface area contributed by atoms with Gasteiger partial charge in [-0.15, -0.1) is 0 Å². The summed E-state index contributed by atoms with van der Waals surface area (Å²) in [7, 11) is 0. The van der Waals surface area contributed by atoms with Crippen LogP contribution in [0.3, 0.4) is 0 Å². The van der Waals surface area contributed by atoms with Crippen LogP contribution in [0.15, 0.2) is 58.2 Å². The third-order valence-corrected chi connectivity index (χ3v) is 10.9. The van der Waals surface area contributed by atoms with Crippen LogP contribution in [0.2, 0.25) is 0 Å². The number of nitrogens with zero attached hydrogens (tertiary/aromatic N) is 1. The minimum absolute atomic E-state index is 0.243. The van der Waals surface area contributed by atoms with Crippen molar-refractivity contribution in [2.45, 2.75) is 128 Å². The summed E-state index contributed by atoms with van der Waals surface area (Å²) in [4.78, 5) is 4.59. The third kappa shape index (κ3) is 5.84. The van der Waals surface area contributed by atoms with E-state index in [2.05, 4.69) is 50.6 Å². The van der Waals surface area contributed by atoms with Gasteiger partial charge < -0.3 is 19.7 Å². The lowest BCUT2D eigenvalue weighted by molar-refractivity contribution is 0.0862. The summed E-state index contributed by atoms with van der Waals surface area (Å²) in [5.74, 6) is 3.18. The van der Waals surface area contributed by atoms with E-state index < -0.39 is 18.3 Å². The van der Waals surface area contributed by atoms with Crippen molar-refractivity contribution in [2.24, 2.45) is 23.2 Å². The zero-order valence-electron chi connectivity index (χ0n) is 24.9. The Morgan fingerprint density at radius 3 is 2.70 bits per heavy atom. The fourth-order valence-electron chi connectivity index (χ4n) is 8.18. The van der Waals surface area contributed by atoms with Gasteiger partial charge >= 0.3 is 0 Å². The molecule has 5 rings (SSSR count). The Balaban J connectivity index is 1.24. The number of aliphatic hydroxyl groups excluding tert-OH is 3. The van der Waals surface area contributed by atoms with Crippen LogP contribution in [0.5, 0.6) is 0 Å². The van der Waals surface area contributed by atoms with E-state index in [0.29, 0.717) is 36.5 Å². The molecule has 1 heterocycles. The largest absolute Gasteiger partial charge is 0.445 e. The lowest BCUT2D eigenvalue weighted by Crippen LogP contribution is -2.35. The predicted molar refractivity (Wildman–Crippen MR) is 160 cm³/mol. The van der Waals surface area contributed by atoms with Crippen LogP contribution in [0.4, 0.5) is 0 Å². The molecule has 1 aromatic rings. The minimum atomic E-state index is -0.643. The highest BCUT2D eigenvalue weighted by molar-refractivity contribution is 5.38. The van der Waals surface area contributed by atoms with E-state index in [4.69, 9.17) is 4.42 Å². The van der Waals surface area contributed by atoms with E-state index in [1.807, 2.05) is 12.3 Å². The molecule has 4 aliphatic rings. The highest BCUT2D eigenvalue weighted by Gasteiger charge is 2.54. The molecular formula is C35H51NO4. The first-order valence-electron chi connectivity index (χ1n) is 15.9. The van der Waals surface area contributed by atoms with Crippen LogP contribution in [-0.4, -0.2) is 38.6 Å². The van der Waals surface area contributed by atoms with Crippen molar-refractivity contribution in [3.63, 3.8) is 0 Å². The summed E-state index contributed by atoms with van der Waals surface area (Å²) >= 11 is 0. The summed E-state index contributed by atoms with van der Waals surface area (Å²) < 4.78 is 6.12. The van der Waals surface area contributed by atoms with Crippen molar-refractivity contribution in [3.05, 3.63) is 65.5 Å². The van der Waals surface area contributed by atoms with Gasteiger partial charge in [-0.25, -0.2) is 4.98 Å². The van der Waals surface area contributed by atoms with Gasteiger partial charge in [0, 0.05) is 12.8 Å².